The number of pyridine rings is 2. The van der Waals surface area contributed by atoms with Gasteiger partial charge in [0.2, 0.25) is 0 Å². The molecule has 0 aliphatic carbocycles. The summed E-state index contributed by atoms with van der Waals surface area (Å²) in [4.78, 5) is 17.3. The number of fused-ring (bicyclic) bond motifs is 1. The van der Waals surface area contributed by atoms with Crippen LogP contribution in [0.25, 0.3) is 27.9 Å². The Morgan fingerprint density at radius 3 is 2.33 bits per heavy atom. The first-order chi connectivity index (χ1) is 16.1. The first-order valence-electron chi connectivity index (χ1n) is 10.6. The number of ether oxygens (including phenoxy) is 1. The van der Waals surface area contributed by atoms with Gasteiger partial charge in [0.25, 0.3) is 0 Å². The van der Waals surface area contributed by atoms with Crippen LogP contribution in [0.1, 0.15) is 12.5 Å². The molecule has 6 nitrogen and oxygen atoms in total. The molecule has 0 N–H and O–H groups in total. The summed E-state index contributed by atoms with van der Waals surface area (Å²) < 4.78 is 8.58. The third kappa shape index (κ3) is 4.13. The highest BCUT2D eigenvalue weighted by Gasteiger charge is 2.17. The minimum absolute atomic E-state index is 0.197. The number of benzene rings is 2. The Morgan fingerprint density at radius 2 is 1.64 bits per heavy atom. The molecule has 3 aromatic heterocycles. The zero-order valence-corrected chi connectivity index (χ0v) is 18.7. The molecule has 0 aliphatic heterocycles. The fourth-order valence-electron chi connectivity index (χ4n) is 3.88. The molecule has 3 heterocycles. The van der Waals surface area contributed by atoms with E-state index in [0.717, 1.165) is 33.6 Å². The van der Waals surface area contributed by atoms with Crippen molar-refractivity contribution in [3.8, 4) is 28.0 Å². The number of rotatable bonds is 6. The molecule has 0 atom stereocenters. The van der Waals surface area contributed by atoms with Gasteiger partial charge in [0, 0.05) is 29.2 Å². The summed E-state index contributed by atoms with van der Waals surface area (Å²) in [5.41, 5.74) is 5.10. The Labute approximate surface area is 195 Å². The van der Waals surface area contributed by atoms with Crippen LogP contribution in [-0.2, 0) is 6.54 Å². The van der Waals surface area contributed by atoms with Crippen molar-refractivity contribution in [3.63, 3.8) is 0 Å². The molecular weight excluding hydrogens is 436 g/mol. The van der Waals surface area contributed by atoms with Gasteiger partial charge in [-0.1, -0.05) is 35.9 Å². The lowest BCUT2D eigenvalue weighted by Gasteiger charge is -2.11. The SMILES string of the molecule is CCOc1ccc(Cn2nc3c(-c4ccncc4)c(-c4ccc(Cl)cc4)ccn3c2=O)cc1. The lowest BCUT2D eigenvalue weighted by atomic mass is 9.96. The molecule has 7 heteroatoms. The predicted octanol–water partition coefficient (Wildman–Crippen LogP) is 5.33. The number of halogens is 1. The Kier molecular flexibility index (Phi) is 5.67. The molecule has 0 radical (unpaired) electrons. The normalized spacial score (nSPS) is 11.1. The van der Waals surface area contributed by atoms with Crippen LogP contribution >= 0.6 is 11.6 Å². The molecule has 5 aromatic rings. The molecule has 0 spiro atoms. The molecule has 0 aliphatic rings. The summed E-state index contributed by atoms with van der Waals surface area (Å²) in [6, 6.07) is 21.1. The highest BCUT2D eigenvalue weighted by Crippen LogP contribution is 2.34. The molecule has 2 aromatic carbocycles. The van der Waals surface area contributed by atoms with Crippen molar-refractivity contribution in [1.82, 2.24) is 19.2 Å². The van der Waals surface area contributed by atoms with Crippen LogP contribution < -0.4 is 10.4 Å². The first-order valence-corrected chi connectivity index (χ1v) is 11.0. The van der Waals surface area contributed by atoms with Crippen molar-refractivity contribution in [3.05, 3.63) is 106 Å². The van der Waals surface area contributed by atoms with E-state index in [-0.39, 0.29) is 5.69 Å². The Hall–Kier alpha value is -3.90. The maximum Gasteiger partial charge on any atom is 0.350 e. The summed E-state index contributed by atoms with van der Waals surface area (Å²) in [5.74, 6) is 0.802. The highest BCUT2D eigenvalue weighted by molar-refractivity contribution is 6.30. The van der Waals surface area contributed by atoms with Crippen LogP contribution in [0.2, 0.25) is 5.02 Å². The molecule has 0 unspecified atom stereocenters. The largest absolute Gasteiger partial charge is 0.494 e. The van der Waals surface area contributed by atoms with Crippen LogP contribution in [0.4, 0.5) is 0 Å². The first kappa shape index (κ1) is 21.0. The van der Waals surface area contributed by atoms with Crippen molar-refractivity contribution in [1.29, 1.82) is 0 Å². The Bertz CT molecular complexity index is 1460. The lowest BCUT2D eigenvalue weighted by Crippen LogP contribution is -2.21. The molecule has 0 saturated carbocycles. The number of hydrogen-bond acceptors (Lipinski definition) is 4. The van der Waals surface area contributed by atoms with E-state index >= 15 is 0 Å². The van der Waals surface area contributed by atoms with Crippen LogP contribution in [0.15, 0.2) is 90.1 Å². The molecule has 0 saturated heterocycles. The number of aromatic nitrogens is 4. The minimum Gasteiger partial charge on any atom is -0.494 e. The van der Waals surface area contributed by atoms with E-state index in [0.29, 0.717) is 23.8 Å². The zero-order chi connectivity index (χ0) is 22.8. The average Bonchev–Trinajstić information content (AvgIpc) is 3.16. The summed E-state index contributed by atoms with van der Waals surface area (Å²) in [6.07, 6.45) is 5.24. The van der Waals surface area contributed by atoms with E-state index in [2.05, 4.69) is 4.98 Å². The summed E-state index contributed by atoms with van der Waals surface area (Å²) in [5, 5.41) is 5.40. The third-order valence-electron chi connectivity index (χ3n) is 5.44. The van der Waals surface area contributed by atoms with Gasteiger partial charge in [-0.05, 0) is 71.6 Å². The monoisotopic (exact) mass is 456 g/mol. The fraction of sp³-hybridized carbons (Fsp3) is 0.115. The van der Waals surface area contributed by atoms with Crippen LogP contribution in [0, 0.1) is 0 Å². The Balaban J connectivity index is 1.65. The van der Waals surface area contributed by atoms with E-state index in [1.165, 1.54) is 4.68 Å². The van der Waals surface area contributed by atoms with Gasteiger partial charge in [-0.15, -0.1) is 5.10 Å². The van der Waals surface area contributed by atoms with Crippen molar-refractivity contribution in [2.45, 2.75) is 13.5 Å². The Morgan fingerprint density at radius 1 is 0.909 bits per heavy atom. The topological polar surface area (TPSA) is 61.4 Å². The van der Waals surface area contributed by atoms with Gasteiger partial charge in [-0.2, -0.15) is 0 Å². The van der Waals surface area contributed by atoms with E-state index < -0.39 is 0 Å². The second-order valence-electron chi connectivity index (χ2n) is 7.56. The number of hydrogen-bond donors (Lipinski definition) is 0. The molecule has 33 heavy (non-hydrogen) atoms. The molecule has 0 amide bonds. The lowest BCUT2D eigenvalue weighted by molar-refractivity contribution is 0.340. The van der Waals surface area contributed by atoms with Gasteiger partial charge in [0.1, 0.15) is 5.75 Å². The van der Waals surface area contributed by atoms with Crippen molar-refractivity contribution >= 4 is 17.2 Å². The van der Waals surface area contributed by atoms with Crippen LogP contribution in [-0.4, -0.2) is 25.8 Å². The smallest absolute Gasteiger partial charge is 0.350 e. The van der Waals surface area contributed by atoms with Gasteiger partial charge >= 0.3 is 5.69 Å². The van der Waals surface area contributed by atoms with Crippen molar-refractivity contribution in [2.24, 2.45) is 0 Å². The van der Waals surface area contributed by atoms with Crippen LogP contribution in [0.5, 0.6) is 5.75 Å². The second-order valence-corrected chi connectivity index (χ2v) is 7.99. The van der Waals surface area contributed by atoms with Gasteiger partial charge in [0.15, 0.2) is 5.65 Å². The van der Waals surface area contributed by atoms with Crippen molar-refractivity contribution in [2.75, 3.05) is 6.61 Å². The summed E-state index contributed by atoms with van der Waals surface area (Å²) >= 11 is 6.10. The van der Waals surface area contributed by atoms with E-state index in [1.807, 2.05) is 73.7 Å². The summed E-state index contributed by atoms with van der Waals surface area (Å²) in [7, 11) is 0. The number of nitrogens with zero attached hydrogens (tertiary/aromatic N) is 4. The van der Waals surface area contributed by atoms with Gasteiger partial charge in [-0.25, -0.2) is 13.9 Å². The summed E-state index contributed by atoms with van der Waals surface area (Å²) in [6.45, 7) is 2.92. The van der Waals surface area contributed by atoms with E-state index in [4.69, 9.17) is 21.4 Å². The van der Waals surface area contributed by atoms with Crippen LogP contribution in [0.3, 0.4) is 0 Å². The van der Waals surface area contributed by atoms with Crippen molar-refractivity contribution < 1.29 is 4.74 Å². The molecule has 0 fully saturated rings. The van der Waals surface area contributed by atoms with Gasteiger partial charge in [0.05, 0.1) is 13.2 Å². The van der Waals surface area contributed by atoms with Gasteiger partial charge in [-0.3, -0.25) is 4.98 Å². The maximum absolute atomic E-state index is 13.2. The molecule has 164 valence electrons. The maximum atomic E-state index is 13.2. The van der Waals surface area contributed by atoms with E-state index in [9.17, 15) is 4.79 Å². The molecule has 5 rings (SSSR count). The average molecular weight is 457 g/mol. The molecule has 0 bridgehead atoms. The standard InChI is InChI=1S/C26H21ClN4O2/c1-2-33-22-9-3-18(4-10-22)17-31-26(32)30-16-13-23(19-5-7-21(27)8-6-19)24(25(30)29-31)20-11-14-28-15-12-20/h3-16H,2,17H2,1H3. The third-order valence-corrected chi connectivity index (χ3v) is 5.70. The van der Waals surface area contributed by atoms with Gasteiger partial charge < -0.3 is 4.74 Å². The highest BCUT2D eigenvalue weighted by atomic mass is 35.5. The predicted molar refractivity (Wildman–Crippen MR) is 130 cm³/mol. The second kappa shape index (κ2) is 8.92. The zero-order valence-electron chi connectivity index (χ0n) is 18.0. The van der Waals surface area contributed by atoms with E-state index in [1.54, 1.807) is 23.0 Å². The quantitative estimate of drug-likeness (QED) is 0.346. The minimum atomic E-state index is -0.197. The fourth-order valence-corrected chi connectivity index (χ4v) is 4.01. The molecular formula is C26H21ClN4O2.